The molecule has 36 heavy (non-hydrogen) atoms. The quantitative estimate of drug-likeness (QED) is 0.498. The van der Waals surface area contributed by atoms with Gasteiger partial charge in [-0.3, -0.25) is 14.4 Å². The fraction of sp³-hybridized carbons (Fsp3) is 0.367. The lowest BCUT2D eigenvalue weighted by molar-refractivity contribution is -0.142. The number of hydrogen-bond donors (Lipinski definition) is 2. The van der Waals surface area contributed by atoms with Gasteiger partial charge < -0.3 is 15.5 Å². The van der Waals surface area contributed by atoms with Crippen molar-refractivity contribution in [3.63, 3.8) is 0 Å². The molecule has 6 nitrogen and oxygen atoms in total. The number of Topliss-reactive ketones (excluding diaryl/α,β-unsaturated/α-hetero) is 1. The Morgan fingerprint density at radius 1 is 1.00 bits per heavy atom. The molecule has 0 spiro atoms. The maximum atomic E-state index is 14.1. The van der Waals surface area contributed by atoms with Crippen molar-refractivity contribution in [2.75, 3.05) is 13.1 Å². The van der Waals surface area contributed by atoms with Crippen molar-refractivity contribution in [2.45, 2.75) is 51.7 Å². The molecule has 3 aromatic carbocycles. The number of fused-ring (bicyclic) bond motifs is 1. The molecule has 0 radical (unpaired) electrons. The molecule has 1 aliphatic rings. The van der Waals surface area contributed by atoms with Crippen molar-refractivity contribution < 1.29 is 14.4 Å². The first-order valence-corrected chi connectivity index (χ1v) is 12.8. The highest BCUT2D eigenvalue weighted by atomic mass is 16.2. The van der Waals surface area contributed by atoms with Crippen LogP contribution in [0.25, 0.3) is 10.8 Å². The SMILES string of the molecule is CC(C)CC(NC(=O)c1ccc2ccccc2c1)C(=O)N(Cc1ccccc1)[C@H]1CCCNCC1=O. The van der Waals surface area contributed by atoms with Gasteiger partial charge in [-0.1, -0.05) is 74.5 Å². The van der Waals surface area contributed by atoms with E-state index in [1.165, 1.54) is 0 Å². The number of ketones is 1. The van der Waals surface area contributed by atoms with E-state index >= 15 is 0 Å². The van der Waals surface area contributed by atoms with Crippen LogP contribution < -0.4 is 10.6 Å². The Bertz CT molecular complexity index is 1210. The Morgan fingerprint density at radius 2 is 1.72 bits per heavy atom. The topological polar surface area (TPSA) is 78.5 Å². The van der Waals surface area contributed by atoms with Crippen LogP contribution in [0, 0.1) is 5.92 Å². The molecule has 1 fully saturated rings. The second kappa shape index (κ2) is 12.0. The number of hydrogen-bond acceptors (Lipinski definition) is 4. The fourth-order valence-corrected chi connectivity index (χ4v) is 4.83. The first kappa shape index (κ1) is 25.6. The second-order valence-corrected chi connectivity index (χ2v) is 9.97. The summed E-state index contributed by atoms with van der Waals surface area (Å²) in [6, 6.07) is 21.9. The van der Waals surface area contributed by atoms with Gasteiger partial charge in [0.2, 0.25) is 5.91 Å². The number of benzene rings is 3. The summed E-state index contributed by atoms with van der Waals surface area (Å²) in [5.41, 5.74) is 1.47. The van der Waals surface area contributed by atoms with Crippen molar-refractivity contribution in [2.24, 2.45) is 5.92 Å². The first-order valence-electron chi connectivity index (χ1n) is 12.8. The van der Waals surface area contributed by atoms with Crippen LogP contribution in [0.5, 0.6) is 0 Å². The average Bonchev–Trinajstić information content (AvgIpc) is 3.10. The Labute approximate surface area is 213 Å². The Kier molecular flexibility index (Phi) is 8.49. The maximum absolute atomic E-state index is 14.1. The van der Waals surface area contributed by atoms with Crippen LogP contribution in [0.4, 0.5) is 0 Å². The third kappa shape index (κ3) is 6.38. The lowest BCUT2D eigenvalue weighted by Crippen LogP contribution is -2.54. The molecule has 188 valence electrons. The van der Waals surface area contributed by atoms with E-state index in [2.05, 4.69) is 10.6 Å². The number of nitrogens with zero attached hydrogens (tertiary/aromatic N) is 1. The molecule has 0 saturated carbocycles. The molecular weight excluding hydrogens is 450 g/mol. The molecule has 0 aromatic heterocycles. The first-order chi connectivity index (χ1) is 17.4. The molecule has 1 heterocycles. The monoisotopic (exact) mass is 485 g/mol. The van der Waals surface area contributed by atoms with Gasteiger partial charge in [-0.15, -0.1) is 0 Å². The van der Waals surface area contributed by atoms with Gasteiger partial charge in [0.1, 0.15) is 6.04 Å². The molecule has 3 aromatic rings. The van der Waals surface area contributed by atoms with Gasteiger partial charge in [0.05, 0.1) is 12.6 Å². The van der Waals surface area contributed by atoms with Gasteiger partial charge in [0.25, 0.3) is 5.91 Å². The summed E-state index contributed by atoms with van der Waals surface area (Å²) >= 11 is 0. The summed E-state index contributed by atoms with van der Waals surface area (Å²) in [6.07, 6.45) is 1.91. The van der Waals surface area contributed by atoms with Crippen LogP contribution in [0.3, 0.4) is 0 Å². The number of amides is 2. The minimum absolute atomic E-state index is 0.0148. The van der Waals surface area contributed by atoms with E-state index < -0.39 is 12.1 Å². The Balaban J connectivity index is 1.62. The molecule has 2 atom stereocenters. The summed E-state index contributed by atoms with van der Waals surface area (Å²) in [7, 11) is 0. The van der Waals surface area contributed by atoms with Gasteiger partial charge >= 0.3 is 0 Å². The molecule has 6 heteroatoms. The van der Waals surface area contributed by atoms with Gasteiger partial charge in [-0.25, -0.2) is 0 Å². The van der Waals surface area contributed by atoms with E-state index in [0.29, 0.717) is 24.9 Å². The van der Waals surface area contributed by atoms with Gasteiger partial charge in [-0.05, 0) is 60.2 Å². The van der Waals surface area contributed by atoms with Crippen molar-refractivity contribution in [3.05, 3.63) is 83.9 Å². The zero-order valence-corrected chi connectivity index (χ0v) is 21.1. The lowest BCUT2D eigenvalue weighted by atomic mass is 9.98. The molecular formula is C30H35N3O3. The van der Waals surface area contributed by atoms with Crippen molar-refractivity contribution in [3.8, 4) is 0 Å². The summed E-state index contributed by atoms with van der Waals surface area (Å²) < 4.78 is 0. The predicted molar refractivity (Wildman–Crippen MR) is 143 cm³/mol. The smallest absolute Gasteiger partial charge is 0.251 e. The zero-order chi connectivity index (χ0) is 25.5. The summed E-state index contributed by atoms with van der Waals surface area (Å²) in [4.78, 5) is 42.1. The molecule has 1 unspecified atom stereocenters. The second-order valence-electron chi connectivity index (χ2n) is 9.97. The van der Waals surface area contributed by atoms with E-state index in [9.17, 15) is 14.4 Å². The van der Waals surface area contributed by atoms with Crippen LogP contribution in [0.15, 0.2) is 72.8 Å². The summed E-state index contributed by atoms with van der Waals surface area (Å²) in [5.74, 6) is -0.294. The number of rotatable bonds is 8. The molecule has 1 aliphatic heterocycles. The van der Waals surface area contributed by atoms with Crippen LogP contribution in [-0.2, 0) is 16.1 Å². The van der Waals surface area contributed by atoms with E-state index in [1.807, 2.05) is 80.6 Å². The third-order valence-electron chi connectivity index (χ3n) is 6.68. The van der Waals surface area contributed by atoms with E-state index in [-0.39, 0.29) is 30.1 Å². The van der Waals surface area contributed by atoms with Crippen molar-refractivity contribution >= 4 is 28.4 Å². The van der Waals surface area contributed by atoms with Gasteiger partial charge in [0.15, 0.2) is 5.78 Å². The number of carbonyl (C=O) groups excluding carboxylic acids is 3. The van der Waals surface area contributed by atoms with Crippen LogP contribution >= 0.6 is 0 Å². The van der Waals surface area contributed by atoms with Crippen LogP contribution in [0.2, 0.25) is 0 Å². The largest absolute Gasteiger partial charge is 0.340 e. The normalized spacial score (nSPS) is 17.0. The highest BCUT2D eigenvalue weighted by molar-refractivity contribution is 6.01. The van der Waals surface area contributed by atoms with E-state index in [0.717, 1.165) is 29.3 Å². The van der Waals surface area contributed by atoms with Crippen LogP contribution in [-0.4, -0.2) is 47.7 Å². The minimum Gasteiger partial charge on any atom is -0.340 e. The van der Waals surface area contributed by atoms with Gasteiger partial charge in [0, 0.05) is 12.1 Å². The third-order valence-corrected chi connectivity index (χ3v) is 6.68. The number of carbonyl (C=O) groups is 3. The zero-order valence-electron chi connectivity index (χ0n) is 21.1. The van der Waals surface area contributed by atoms with Gasteiger partial charge in [-0.2, -0.15) is 0 Å². The predicted octanol–water partition coefficient (Wildman–Crippen LogP) is 4.33. The minimum atomic E-state index is -0.725. The standard InChI is InChI=1S/C30H35N3O3/c1-21(2)17-26(32-29(35)25-15-14-23-11-6-7-12-24(23)18-25)30(36)33(20-22-9-4-3-5-10-22)27-13-8-16-31-19-28(27)34/h3-7,9-12,14-15,18,21,26-27,31H,8,13,16-17,19-20H2,1-2H3,(H,32,35)/t26?,27-/m0/s1. The number of nitrogens with one attached hydrogen (secondary N) is 2. The Morgan fingerprint density at radius 3 is 2.47 bits per heavy atom. The molecule has 0 bridgehead atoms. The molecule has 2 N–H and O–H groups in total. The highest BCUT2D eigenvalue weighted by Crippen LogP contribution is 2.20. The molecule has 4 rings (SSSR count). The molecule has 1 saturated heterocycles. The lowest BCUT2D eigenvalue weighted by Gasteiger charge is -2.34. The van der Waals surface area contributed by atoms with Crippen molar-refractivity contribution in [1.29, 1.82) is 0 Å². The van der Waals surface area contributed by atoms with E-state index in [4.69, 9.17) is 0 Å². The highest BCUT2D eigenvalue weighted by Gasteiger charge is 2.35. The average molecular weight is 486 g/mol. The summed E-state index contributed by atoms with van der Waals surface area (Å²) in [5, 5.41) is 8.19. The fourth-order valence-electron chi connectivity index (χ4n) is 4.83. The summed E-state index contributed by atoms with van der Waals surface area (Å²) in [6.45, 7) is 5.40. The molecule has 0 aliphatic carbocycles. The molecule has 2 amide bonds. The Hall–Kier alpha value is -3.51. The van der Waals surface area contributed by atoms with Crippen LogP contribution in [0.1, 0.15) is 49.0 Å². The van der Waals surface area contributed by atoms with Crippen molar-refractivity contribution in [1.82, 2.24) is 15.5 Å². The van der Waals surface area contributed by atoms with E-state index in [1.54, 1.807) is 11.0 Å². The maximum Gasteiger partial charge on any atom is 0.251 e.